The van der Waals surface area contributed by atoms with Crippen molar-refractivity contribution >= 4 is 47.4 Å². The van der Waals surface area contributed by atoms with E-state index in [1.807, 2.05) is 0 Å². The molecule has 4 N–H and O–H groups in total. The molecule has 2 rings (SSSR count). The number of methoxy groups -OCH3 is 2. The van der Waals surface area contributed by atoms with Crippen molar-refractivity contribution in [1.82, 2.24) is 0 Å². The Morgan fingerprint density at radius 2 is 1.15 bits per heavy atom. The molecule has 2 atom stereocenters. The summed E-state index contributed by atoms with van der Waals surface area (Å²) < 4.78 is 14.3. The van der Waals surface area contributed by atoms with Crippen LogP contribution in [0.4, 0.5) is 0 Å². The lowest BCUT2D eigenvalue weighted by molar-refractivity contribution is -0.159. The molecule has 2 unspecified atom stereocenters. The lowest BCUT2D eigenvalue weighted by Crippen LogP contribution is -2.16. The second-order valence-electron chi connectivity index (χ2n) is 7.79. The second-order valence-corrected chi connectivity index (χ2v) is 10.2. The molecule has 2 aliphatic heterocycles. The number of rotatable bonds is 12. The monoisotopic (exact) mass is 500 g/mol. The smallest absolute Gasteiger partial charge is 0.336 e. The SMILES string of the molecule is COC(=O)C1=C(N)C(CCCCC(=O)OC(=O)CCCCC2SCC(C(=O)OC)=C2N)SC1. The summed E-state index contributed by atoms with van der Waals surface area (Å²) in [6.07, 6.45) is 4.43. The summed E-state index contributed by atoms with van der Waals surface area (Å²) >= 11 is 3.18. The van der Waals surface area contributed by atoms with Crippen LogP contribution in [-0.2, 0) is 33.4 Å². The van der Waals surface area contributed by atoms with Crippen molar-refractivity contribution in [2.75, 3.05) is 25.7 Å². The van der Waals surface area contributed by atoms with Gasteiger partial charge in [-0.3, -0.25) is 9.59 Å². The molecule has 0 spiro atoms. The molecule has 0 amide bonds. The molecule has 33 heavy (non-hydrogen) atoms. The lowest BCUT2D eigenvalue weighted by Gasteiger charge is -2.11. The van der Waals surface area contributed by atoms with Gasteiger partial charge in [0.2, 0.25) is 0 Å². The fourth-order valence-corrected chi connectivity index (χ4v) is 6.22. The summed E-state index contributed by atoms with van der Waals surface area (Å²) in [5.74, 6) is -0.767. The number of hydrogen-bond donors (Lipinski definition) is 2. The van der Waals surface area contributed by atoms with Crippen LogP contribution in [0.3, 0.4) is 0 Å². The highest BCUT2D eigenvalue weighted by Gasteiger charge is 2.29. The van der Waals surface area contributed by atoms with Crippen LogP contribution < -0.4 is 11.5 Å². The Morgan fingerprint density at radius 3 is 1.52 bits per heavy atom. The summed E-state index contributed by atoms with van der Waals surface area (Å²) in [4.78, 5) is 47.0. The van der Waals surface area contributed by atoms with E-state index in [0.717, 1.165) is 25.7 Å². The minimum atomic E-state index is -0.529. The van der Waals surface area contributed by atoms with Gasteiger partial charge in [-0.1, -0.05) is 12.8 Å². The molecule has 0 bridgehead atoms. The molecule has 2 aliphatic rings. The number of hydrogen-bond acceptors (Lipinski definition) is 11. The molecule has 0 saturated carbocycles. The van der Waals surface area contributed by atoms with Crippen LogP contribution in [0.2, 0.25) is 0 Å². The van der Waals surface area contributed by atoms with Gasteiger partial charge in [-0.25, -0.2) is 9.59 Å². The zero-order chi connectivity index (χ0) is 24.4. The van der Waals surface area contributed by atoms with Gasteiger partial charge >= 0.3 is 23.9 Å². The third-order valence-corrected chi connectivity index (χ3v) is 8.23. The van der Waals surface area contributed by atoms with Crippen LogP contribution in [0.15, 0.2) is 22.5 Å². The molecule has 0 radical (unpaired) electrons. The maximum Gasteiger partial charge on any atom is 0.336 e. The maximum atomic E-state index is 11.9. The third kappa shape index (κ3) is 7.99. The number of ether oxygens (including phenoxy) is 3. The maximum absolute atomic E-state index is 11.9. The topological polar surface area (TPSA) is 148 Å². The van der Waals surface area contributed by atoms with Crippen molar-refractivity contribution in [2.24, 2.45) is 11.5 Å². The van der Waals surface area contributed by atoms with E-state index in [9.17, 15) is 19.2 Å². The van der Waals surface area contributed by atoms with Crippen LogP contribution in [0, 0.1) is 0 Å². The van der Waals surface area contributed by atoms with E-state index in [-0.39, 0.29) is 23.3 Å². The normalized spacial score (nSPS) is 20.2. The Hall–Kier alpha value is -2.14. The van der Waals surface area contributed by atoms with E-state index in [1.54, 1.807) is 23.5 Å². The number of thioether (sulfide) groups is 2. The molecular formula is C22H32N2O7S2. The van der Waals surface area contributed by atoms with E-state index in [4.69, 9.17) is 25.7 Å². The van der Waals surface area contributed by atoms with Gasteiger partial charge in [-0.2, -0.15) is 0 Å². The summed E-state index contributed by atoms with van der Waals surface area (Å²) in [7, 11) is 2.66. The van der Waals surface area contributed by atoms with E-state index in [0.29, 0.717) is 46.9 Å². The van der Waals surface area contributed by atoms with E-state index < -0.39 is 23.9 Å². The van der Waals surface area contributed by atoms with Gasteiger partial charge in [0.1, 0.15) is 0 Å². The summed E-state index contributed by atoms with van der Waals surface area (Å²) in [5, 5.41) is 0.0877. The van der Waals surface area contributed by atoms with Gasteiger partial charge < -0.3 is 25.7 Å². The standard InChI is InChI=1S/C22H32N2O7S2/c1-29-21(27)13-11-32-15(19(13)23)7-3-5-9-17(25)31-18(26)10-6-4-8-16-20(24)14(12-33-16)22(28)30-2/h15-16H,3-12,23-24H2,1-2H3. The van der Waals surface area contributed by atoms with Crippen molar-refractivity contribution in [3.05, 3.63) is 22.5 Å². The van der Waals surface area contributed by atoms with E-state index in [1.165, 1.54) is 14.2 Å². The minimum absolute atomic E-state index is 0.0439. The fraction of sp³-hybridized carbons (Fsp3) is 0.636. The molecule has 0 aliphatic carbocycles. The summed E-state index contributed by atoms with van der Waals surface area (Å²) in [5.41, 5.74) is 14.2. The first-order chi connectivity index (χ1) is 15.8. The number of unbranched alkanes of at least 4 members (excludes halogenated alkanes) is 2. The zero-order valence-corrected chi connectivity index (χ0v) is 20.7. The first kappa shape index (κ1) is 27.1. The van der Waals surface area contributed by atoms with E-state index in [2.05, 4.69) is 0 Å². The van der Waals surface area contributed by atoms with Crippen molar-refractivity contribution in [2.45, 2.75) is 61.9 Å². The largest absolute Gasteiger partial charge is 0.466 e. The Morgan fingerprint density at radius 1 is 0.758 bits per heavy atom. The molecule has 9 nitrogen and oxygen atoms in total. The first-order valence-electron chi connectivity index (χ1n) is 10.9. The van der Waals surface area contributed by atoms with Gasteiger partial charge in [0.05, 0.1) is 25.4 Å². The van der Waals surface area contributed by atoms with Gasteiger partial charge in [0, 0.05) is 46.2 Å². The first-order valence-corrected chi connectivity index (χ1v) is 13.0. The molecule has 0 aromatic heterocycles. The zero-order valence-electron chi connectivity index (χ0n) is 19.1. The van der Waals surface area contributed by atoms with Crippen LogP contribution in [0.1, 0.15) is 51.4 Å². The Balaban J connectivity index is 1.57. The fourth-order valence-electron chi connectivity index (χ4n) is 3.61. The molecule has 0 aromatic carbocycles. The number of carbonyl (C=O) groups excluding carboxylic acids is 4. The minimum Gasteiger partial charge on any atom is -0.466 e. The molecule has 2 heterocycles. The Bertz CT molecular complexity index is 760. The highest BCUT2D eigenvalue weighted by molar-refractivity contribution is 8.00. The van der Waals surface area contributed by atoms with Crippen LogP contribution in [0.5, 0.6) is 0 Å². The van der Waals surface area contributed by atoms with Gasteiger partial charge in [-0.05, 0) is 25.7 Å². The average molecular weight is 501 g/mol. The van der Waals surface area contributed by atoms with Crippen molar-refractivity contribution in [3.8, 4) is 0 Å². The highest BCUT2D eigenvalue weighted by Crippen LogP contribution is 2.34. The van der Waals surface area contributed by atoms with Crippen molar-refractivity contribution < 1.29 is 33.4 Å². The third-order valence-electron chi connectivity index (χ3n) is 5.53. The predicted molar refractivity (Wildman–Crippen MR) is 127 cm³/mol. The number of carbonyl (C=O) groups is 4. The Kier molecular flexibility index (Phi) is 11.1. The summed E-state index contributed by atoms with van der Waals surface area (Å²) in [6, 6.07) is 0. The van der Waals surface area contributed by atoms with Crippen LogP contribution in [0.25, 0.3) is 0 Å². The highest BCUT2D eigenvalue weighted by atomic mass is 32.2. The van der Waals surface area contributed by atoms with Gasteiger partial charge in [0.15, 0.2) is 0 Å². The second kappa shape index (κ2) is 13.5. The van der Waals surface area contributed by atoms with Crippen molar-refractivity contribution in [3.63, 3.8) is 0 Å². The molecule has 184 valence electrons. The number of esters is 4. The quantitative estimate of drug-likeness (QED) is 0.176. The molecule has 0 fully saturated rings. The van der Waals surface area contributed by atoms with E-state index >= 15 is 0 Å². The average Bonchev–Trinajstić information content (AvgIpc) is 3.35. The molecule has 0 saturated heterocycles. The number of nitrogens with two attached hydrogens (primary N) is 2. The molecule has 0 aromatic rings. The summed E-state index contributed by atoms with van der Waals surface area (Å²) in [6.45, 7) is 0. The predicted octanol–water partition coefficient (Wildman–Crippen LogP) is 2.18. The van der Waals surface area contributed by atoms with Gasteiger partial charge in [-0.15, -0.1) is 23.5 Å². The van der Waals surface area contributed by atoms with Crippen molar-refractivity contribution in [1.29, 1.82) is 0 Å². The Labute approximate surface area is 202 Å². The lowest BCUT2D eigenvalue weighted by atomic mass is 10.1. The molecular weight excluding hydrogens is 468 g/mol. The van der Waals surface area contributed by atoms with Crippen LogP contribution in [-0.4, -0.2) is 60.1 Å². The van der Waals surface area contributed by atoms with Gasteiger partial charge in [0.25, 0.3) is 0 Å². The van der Waals surface area contributed by atoms with Crippen LogP contribution >= 0.6 is 23.5 Å². The molecule has 11 heteroatoms.